The van der Waals surface area contributed by atoms with Crippen LogP contribution in [0, 0.1) is 11.6 Å². The Kier molecular flexibility index (Phi) is 10.2. The molecule has 0 aliphatic rings. The molecule has 0 saturated heterocycles. The van der Waals surface area contributed by atoms with E-state index in [9.17, 15) is 49.5 Å². The predicted molar refractivity (Wildman–Crippen MR) is 154 cm³/mol. The van der Waals surface area contributed by atoms with E-state index < -0.39 is 71.8 Å². The number of benzene rings is 4. The summed E-state index contributed by atoms with van der Waals surface area (Å²) in [6, 6.07) is 14.7. The van der Waals surface area contributed by atoms with Crippen molar-refractivity contribution < 1.29 is 49.5 Å². The van der Waals surface area contributed by atoms with Crippen LogP contribution in [0.15, 0.2) is 84.9 Å². The number of hydrogen-bond acceptors (Lipinski definition) is 4. The average Bonchev–Trinajstić information content (AvgIpc) is 2.99. The molecule has 0 aliphatic heterocycles. The zero-order chi connectivity index (χ0) is 34.5. The number of carbonyl (C=O) groups is 3. The molecule has 0 saturated carbocycles. The number of halogens is 8. The lowest BCUT2D eigenvalue weighted by Crippen LogP contribution is -2.39. The Morgan fingerprint density at radius 1 is 0.660 bits per heavy atom. The van der Waals surface area contributed by atoms with Gasteiger partial charge in [-0.1, -0.05) is 24.3 Å². The summed E-state index contributed by atoms with van der Waals surface area (Å²) in [5.41, 5.74) is 3.31. The Hall–Kier alpha value is -5.47. The van der Waals surface area contributed by atoms with Gasteiger partial charge < -0.3 is 21.7 Å². The van der Waals surface area contributed by atoms with Crippen molar-refractivity contribution in [2.24, 2.45) is 0 Å². The van der Waals surface area contributed by atoms with Gasteiger partial charge in [-0.2, -0.15) is 26.3 Å². The van der Waals surface area contributed by atoms with Crippen molar-refractivity contribution in [1.82, 2.24) is 10.6 Å². The Labute approximate surface area is 261 Å². The number of para-hydroxylation sites is 2. The predicted octanol–water partition coefficient (Wildman–Crippen LogP) is 6.55. The van der Waals surface area contributed by atoms with Gasteiger partial charge in [-0.15, -0.1) is 0 Å². The molecule has 47 heavy (non-hydrogen) atoms. The summed E-state index contributed by atoms with van der Waals surface area (Å²) < 4.78 is 107. The van der Waals surface area contributed by atoms with Crippen molar-refractivity contribution in [3.63, 3.8) is 0 Å². The first kappa shape index (κ1) is 34.4. The Morgan fingerprint density at radius 3 is 1.57 bits per heavy atom. The fourth-order valence-corrected chi connectivity index (χ4v) is 4.47. The highest BCUT2D eigenvalue weighted by molar-refractivity contribution is 6.07. The molecule has 5 N–H and O–H groups in total. The van der Waals surface area contributed by atoms with Gasteiger partial charge >= 0.3 is 12.4 Å². The van der Waals surface area contributed by atoms with Gasteiger partial charge in [0.15, 0.2) is 0 Å². The highest BCUT2D eigenvalue weighted by atomic mass is 19.4. The van der Waals surface area contributed by atoms with Crippen LogP contribution in [0.1, 0.15) is 44.1 Å². The van der Waals surface area contributed by atoms with Gasteiger partial charge in [0, 0.05) is 18.7 Å². The minimum atomic E-state index is -4.88. The van der Waals surface area contributed by atoms with Gasteiger partial charge in [-0.3, -0.25) is 14.4 Å². The normalized spacial score (nSPS) is 11.7. The number of amides is 3. The number of rotatable bonds is 9. The number of anilines is 2. The van der Waals surface area contributed by atoms with Gasteiger partial charge in [0.25, 0.3) is 5.91 Å². The van der Waals surface area contributed by atoms with Crippen LogP contribution in [0.4, 0.5) is 46.5 Å². The van der Waals surface area contributed by atoms with Gasteiger partial charge in [0.1, 0.15) is 17.6 Å². The second-order valence-corrected chi connectivity index (χ2v) is 10.2. The van der Waals surface area contributed by atoms with Crippen molar-refractivity contribution in [3.05, 3.63) is 130 Å². The fourth-order valence-electron chi connectivity index (χ4n) is 4.47. The Morgan fingerprint density at radius 2 is 1.13 bits per heavy atom. The summed E-state index contributed by atoms with van der Waals surface area (Å²) in [4.78, 5) is 39.3. The SMILES string of the molecule is Nc1ccccc1NC(=O)c1ccc(C(C(=O)NCc2cc(F)cc(C(F)(F)F)c2)C(=O)NCc2cc(F)cc(C(F)(F)F)c2)cc1. The highest BCUT2D eigenvalue weighted by Gasteiger charge is 2.33. The van der Waals surface area contributed by atoms with Crippen LogP contribution in [0.2, 0.25) is 0 Å². The monoisotopic (exact) mass is 664 g/mol. The average molecular weight is 665 g/mol. The lowest BCUT2D eigenvalue weighted by atomic mass is 9.95. The van der Waals surface area contributed by atoms with E-state index in [1.54, 1.807) is 24.3 Å². The Balaban J connectivity index is 1.58. The molecule has 0 fully saturated rings. The van der Waals surface area contributed by atoms with E-state index >= 15 is 0 Å². The minimum Gasteiger partial charge on any atom is -0.397 e. The number of nitrogens with one attached hydrogen (secondary N) is 3. The van der Waals surface area contributed by atoms with Crippen molar-refractivity contribution >= 4 is 29.1 Å². The molecule has 15 heteroatoms. The van der Waals surface area contributed by atoms with E-state index in [-0.39, 0.29) is 40.1 Å². The molecule has 0 spiro atoms. The van der Waals surface area contributed by atoms with Crippen molar-refractivity contribution in [2.45, 2.75) is 31.4 Å². The number of carbonyl (C=O) groups excluding carboxylic acids is 3. The number of nitrogens with two attached hydrogens (primary N) is 1. The van der Waals surface area contributed by atoms with Gasteiger partial charge in [0.2, 0.25) is 11.8 Å². The largest absolute Gasteiger partial charge is 0.416 e. The van der Waals surface area contributed by atoms with Crippen molar-refractivity contribution in [2.75, 3.05) is 11.1 Å². The molecular formula is C32H24F8N4O3. The second-order valence-electron chi connectivity index (χ2n) is 10.2. The molecule has 4 aromatic rings. The highest BCUT2D eigenvalue weighted by Crippen LogP contribution is 2.32. The van der Waals surface area contributed by atoms with Gasteiger partial charge in [-0.05, 0) is 77.4 Å². The molecule has 0 atom stereocenters. The van der Waals surface area contributed by atoms with Crippen LogP contribution in [0.25, 0.3) is 0 Å². The molecule has 246 valence electrons. The maximum atomic E-state index is 13.9. The van der Waals surface area contributed by atoms with Gasteiger partial charge in [-0.25, -0.2) is 8.78 Å². The van der Waals surface area contributed by atoms with Crippen LogP contribution >= 0.6 is 0 Å². The summed E-state index contributed by atoms with van der Waals surface area (Å²) in [5.74, 6) is -6.97. The summed E-state index contributed by atoms with van der Waals surface area (Å²) in [6.07, 6.45) is -9.76. The number of alkyl halides is 6. The molecule has 0 unspecified atom stereocenters. The standard InChI is InChI=1S/C32H24F8N4O3/c33-23-11-17(9-21(13-23)31(35,36)37)15-42-29(46)27(30(47)43-16-18-10-22(32(38,39)40)14-24(34)12-18)19-5-7-20(8-6-19)28(45)44-26-4-2-1-3-25(26)41/h1-14,27H,15-16,41H2,(H,42,46)(H,43,47)(H,44,45). The second kappa shape index (κ2) is 13.9. The zero-order valence-corrected chi connectivity index (χ0v) is 23.9. The first-order valence-corrected chi connectivity index (χ1v) is 13.6. The van der Waals surface area contributed by atoms with E-state index in [2.05, 4.69) is 16.0 Å². The van der Waals surface area contributed by atoms with Crippen LogP contribution in [0.5, 0.6) is 0 Å². The van der Waals surface area contributed by atoms with E-state index in [1.165, 1.54) is 24.3 Å². The van der Waals surface area contributed by atoms with Crippen molar-refractivity contribution in [1.29, 1.82) is 0 Å². The van der Waals surface area contributed by atoms with Crippen molar-refractivity contribution in [3.8, 4) is 0 Å². The van der Waals surface area contributed by atoms with E-state index in [4.69, 9.17) is 5.73 Å². The third-order valence-corrected chi connectivity index (χ3v) is 6.74. The quantitative estimate of drug-likeness (QED) is 0.0924. The van der Waals surface area contributed by atoms with E-state index in [0.29, 0.717) is 17.8 Å². The third kappa shape index (κ3) is 9.05. The summed E-state index contributed by atoms with van der Waals surface area (Å²) >= 11 is 0. The molecule has 0 heterocycles. The minimum absolute atomic E-state index is 0.0266. The summed E-state index contributed by atoms with van der Waals surface area (Å²) in [6.45, 7) is -1.28. The van der Waals surface area contributed by atoms with E-state index in [1.807, 2.05) is 0 Å². The Bertz CT molecular complexity index is 1710. The molecule has 7 nitrogen and oxygen atoms in total. The smallest absolute Gasteiger partial charge is 0.397 e. The first-order chi connectivity index (χ1) is 22.0. The maximum absolute atomic E-state index is 13.9. The third-order valence-electron chi connectivity index (χ3n) is 6.74. The molecule has 0 aromatic heterocycles. The topological polar surface area (TPSA) is 113 Å². The lowest BCUT2D eigenvalue weighted by Gasteiger charge is -2.18. The molecule has 0 radical (unpaired) electrons. The number of nitrogen functional groups attached to an aromatic ring is 1. The summed E-state index contributed by atoms with van der Waals surface area (Å²) in [5, 5.41) is 7.12. The number of hydrogen-bond donors (Lipinski definition) is 4. The summed E-state index contributed by atoms with van der Waals surface area (Å²) in [7, 11) is 0. The molecular weight excluding hydrogens is 640 g/mol. The lowest BCUT2D eigenvalue weighted by molar-refractivity contribution is -0.138. The van der Waals surface area contributed by atoms with Crippen LogP contribution in [-0.4, -0.2) is 17.7 Å². The fraction of sp³-hybridized carbons (Fsp3) is 0.156. The molecule has 0 bridgehead atoms. The maximum Gasteiger partial charge on any atom is 0.416 e. The van der Waals surface area contributed by atoms with Crippen LogP contribution in [-0.2, 0) is 35.0 Å². The van der Waals surface area contributed by atoms with Gasteiger partial charge in [0.05, 0.1) is 22.5 Å². The van der Waals surface area contributed by atoms with E-state index in [0.717, 1.165) is 12.1 Å². The first-order valence-electron chi connectivity index (χ1n) is 13.6. The molecule has 3 amide bonds. The molecule has 4 rings (SSSR count). The van der Waals surface area contributed by atoms with Crippen LogP contribution in [0.3, 0.4) is 0 Å². The van der Waals surface area contributed by atoms with Crippen LogP contribution < -0.4 is 21.7 Å². The zero-order valence-electron chi connectivity index (χ0n) is 23.9. The molecule has 0 aliphatic carbocycles. The molecule has 4 aromatic carbocycles.